The number of hydrogen-bond donors (Lipinski definition) is 2. The molecule has 3 N–H and O–H groups in total. The van der Waals surface area contributed by atoms with Crippen LogP contribution in [-0.4, -0.2) is 26.2 Å². The molecule has 0 spiro atoms. The summed E-state index contributed by atoms with van der Waals surface area (Å²) in [5, 5.41) is 2.90. The summed E-state index contributed by atoms with van der Waals surface area (Å²) in [6.07, 6.45) is 0.473. The zero-order valence-corrected chi connectivity index (χ0v) is 12.1. The van der Waals surface area contributed by atoms with Crippen LogP contribution in [0.15, 0.2) is 24.3 Å². The molecule has 1 unspecified atom stereocenters. The third-order valence-corrected chi connectivity index (χ3v) is 2.74. The van der Waals surface area contributed by atoms with Gasteiger partial charge in [-0.05, 0) is 23.6 Å². The molecule has 0 bridgehead atoms. The van der Waals surface area contributed by atoms with Crippen molar-refractivity contribution in [2.45, 2.75) is 19.9 Å². The fraction of sp³-hybridized carbons (Fsp3) is 0.438. The monoisotopic (exact) mass is 274 g/mol. The lowest BCUT2D eigenvalue weighted by Crippen LogP contribution is -2.25. The van der Waals surface area contributed by atoms with E-state index in [1.54, 1.807) is 7.11 Å². The molecule has 0 aliphatic rings. The Morgan fingerprint density at radius 2 is 2.30 bits per heavy atom. The van der Waals surface area contributed by atoms with Gasteiger partial charge in [0.15, 0.2) is 0 Å². The van der Waals surface area contributed by atoms with Crippen molar-refractivity contribution in [3.05, 3.63) is 35.4 Å². The molecule has 0 aromatic heterocycles. The lowest BCUT2D eigenvalue weighted by atomic mass is 10.1. The highest BCUT2D eigenvalue weighted by atomic mass is 16.5. The molecule has 1 aromatic rings. The second-order valence-corrected chi connectivity index (χ2v) is 4.75. The van der Waals surface area contributed by atoms with Gasteiger partial charge in [-0.25, -0.2) is 0 Å². The summed E-state index contributed by atoms with van der Waals surface area (Å²) in [6, 6.07) is 7.78. The molecule has 0 radical (unpaired) electrons. The molecule has 1 rings (SSSR count). The van der Waals surface area contributed by atoms with Gasteiger partial charge in [-0.15, -0.1) is 0 Å². The van der Waals surface area contributed by atoms with E-state index in [0.717, 1.165) is 11.1 Å². The van der Waals surface area contributed by atoms with Gasteiger partial charge in [-0.1, -0.05) is 30.9 Å². The van der Waals surface area contributed by atoms with E-state index in [2.05, 4.69) is 17.2 Å². The maximum atomic E-state index is 11.7. The van der Waals surface area contributed by atoms with Crippen molar-refractivity contribution in [3.63, 3.8) is 0 Å². The molecule has 20 heavy (non-hydrogen) atoms. The van der Waals surface area contributed by atoms with Crippen LogP contribution in [0.4, 0.5) is 0 Å². The van der Waals surface area contributed by atoms with Crippen LogP contribution in [0.25, 0.3) is 0 Å². The number of nitrogens with one attached hydrogen (secondary N) is 1. The van der Waals surface area contributed by atoms with Crippen LogP contribution in [0.2, 0.25) is 0 Å². The highest BCUT2D eigenvalue weighted by molar-refractivity contribution is 5.76. The average Bonchev–Trinajstić information content (AvgIpc) is 2.43. The van der Waals surface area contributed by atoms with Gasteiger partial charge in [0.05, 0.1) is 6.54 Å². The van der Waals surface area contributed by atoms with Crippen molar-refractivity contribution < 1.29 is 9.53 Å². The number of benzene rings is 1. The minimum atomic E-state index is 0.0352. The van der Waals surface area contributed by atoms with Crippen LogP contribution in [0.3, 0.4) is 0 Å². The van der Waals surface area contributed by atoms with E-state index in [9.17, 15) is 4.79 Å². The number of carbonyl (C=O) groups is 1. The Hall–Kier alpha value is -1.83. The number of rotatable bonds is 6. The minimum absolute atomic E-state index is 0.0352. The van der Waals surface area contributed by atoms with Crippen LogP contribution in [0, 0.1) is 17.8 Å². The molecule has 1 atom stereocenters. The van der Waals surface area contributed by atoms with Gasteiger partial charge in [-0.2, -0.15) is 0 Å². The molecule has 1 aromatic carbocycles. The standard InChI is InChI=1S/C16H22N2O2/c1-13(12-20-2)9-16(19)18-11-15-6-3-5-14(10-15)7-4-8-17/h3,5-6,10,13H,8-9,11-12,17H2,1-2H3,(H,18,19). The molecule has 0 saturated heterocycles. The van der Waals surface area contributed by atoms with Crippen LogP contribution in [0.1, 0.15) is 24.5 Å². The predicted molar refractivity (Wildman–Crippen MR) is 79.9 cm³/mol. The summed E-state index contributed by atoms with van der Waals surface area (Å²) >= 11 is 0. The SMILES string of the molecule is COCC(C)CC(=O)NCc1cccc(C#CCN)c1. The molecule has 0 heterocycles. The molecule has 1 amide bonds. The largest absolute Gasteiger partial charge is 0.384 e. The van der Waals surface area contributed by atoms with Crippen LogP contribution in [-0.2, 0) is 16.1 Å². The fourth-order valence-corrected chi connectivity index (χ4v) is 1.84. The third kappa shape index (κ3) is 6.37. The first-order valence-electron chi connectivity index (χ1n) is 6.69. The van der Waals surface area contributed by atoms with Crippen molar-refractivity contribution in [3.8, 4) is 11.8 Å². The molecule has 0 aliphatic heterocycles. The lowest BCUT2D eigenvalue weighted by molar-refractivity contribution is -0.122. The van der Waals surface area contributed by atoms with Crippen molar-refractivity contribution in [2.24, 2.45) is 11.7 Å². The maximum absolute atomic E-state index is 11.7. The topological polar surface area (TPSA) is 64.3 Å². The average molecular weight is 274 g/mol. The molecular formula is C16H22N2O2. The Morgan fingerprint density at radius 1 is 1.50 bits per heavy atom. The van der Waals surface area contributed by atoms with E-state index in [-0.39, 0.29) is 11.8 Å². The van der Waals surface area contributed by atoms with Crippen molar-refractivity contribution in [1.29, 1.82) is 0 Å². The van der Waals surface area contributed by atoms with E-state index in [4.69, 9.17) is 10.5 Å². The van der Waals surface area contributed by atoms with Crippen LogP contribution in [0.5, 0.6) is 0 Å². The van der Waals surface area contributed by atoms with Gasteiger partial charge in [0.2, 0.25) is 5.91 Å². The number of methoxy groups -OCH3 is 1. The number of amides is 1. The Balaban J connectivity index is 2.47. The predicted octanol–water partition coefficient (Wildman–Crippen LogP) is 1.29. The number of ether oxygens (including phenoxy) is 1. The molecule has 4 nitrogen and oxygen atoms in total. The highest BCUT2D eigenvalue weighted by Crippen LogP contribution is 2.05. The first-order chi connectivity index (χ1) is 9.65. The molecule has 0 fully saturated rings. The normalized spacial score (nSPS) is 11.3. The van der Waals surface area contributed by atoms with Crippen LogP contribution < -0.4 is 11.1 Å². The van der Waals surface area contributed by atoms with E-state index in [1.807, 2.05) is 31.2 Å². The zero-order chi connectivity index (χ0) is 14.8. The maximum Gasteiger partial charge on any atom is 0.220 e. The van der Waals surface area contributed by atoms with Gasteiger partial charge >= 0.3 is 0 Å². The highest BCUT2D eigenvalue weighted by Gasteiger charge is 2.08. The van der Waals surface area contributed by atoms with E-state index < -0.39 is 0 Å². The van der Waals surface area contributed by atoms with Crippen molar-refractivity contribution in [2.75, 3.05) is 20.3 Å². The quantitative estimate of drug-likeness (QED) is 0.768. The summed E-state index contributed by atoms with van der Waals surface area (Å²) < 4.78 is 5.02. The zero-order valence-electron chi connectivity index (χ0n) is 12.1. The molecule has 0 aliphatic carbocycles. The Labute approximate surface area is 120 Å². The summed E-state index contributed by atoms with van der Waals surface area (Å²) in [6.45, 7) is 3.44. The number of hydrogen-bond acceptors (Lipinski definition) is 3. The minimum Gasteiger partial charge on any atom is -0.384 e. The number of carbonyl (C=O) groups excluding carboxylic acids is 1. The summed E-state index contributed by atoms with van der Waals surface area (Å²) in [5.41, 5.74) is 7.28. The Bertz CT molecular complexity index is 489. The summed E-state index contributed by atoms with van der Waals surface area (Å²) in [7, 11) is 1.64. The lowest BCUT2D eigenvalue weighted by Gasteiger charge is -2.10. The first-order valence-corrected chi connectivity index (χ1v) is 6.69. The first kappa shape index (κ1) is 16.2. The summed E-state index contributed by atoms with van der Waals surface area (Å²) in [4.78, 5) is 11.7. The third-order valence-electron chi connectivity index (χ3n) is 2.74. The molecule has 108 valence electrons. The van der Waals surface area contributed by atoms with Gasteiger partial charge in [0.1, 0.15) is 0 Å². The second kappa shape index (κ2) is 9.13. The summed E-state index contributed by atoms with van der Waals surface area (Å²) in [5.74, 6) is 6.05. The Morgan fingerprint density at radius 3 is 3.00 bits per heavy atom. The number of nitrogens with two attached hydrogens (primary N) is 1. The van der Waals surface area contributed by atoms with Gasteiger partial charge in [0.25, 0.3) is 0 Å². The Kier molecular flexibility index (Phi) is 7.41. The fourth-order valence-electron chi connectivity index (χ4n) is 1.84. The molecular weight excluding hydrogens is 252 g/mol. The van der Waals surface area contributed by atoms with E-state index in [1.165, 1.54) is 0 Å². The van der Waals surface area contributed by atoms with E-state index in [0.29, 0.717) is 26.1 Å². The molecule has 4 heteroatoms. The van der Waals surface area contributed by atoms with Crippen molar-refractivity contribution in [1.82, 2.24) is 5.32 Å². The van der Waals surface area contributed by atoms with Gasteiger partial charge < -0.3 is 15.8 Å². The molecule has 0 saturated carbocycles. The van der Waals surface area contributed by atoms with Gasteiger partial charge in [0, 0.05) is 32.2 Å². The van der Waals surface area contributed by atoms with Crippen LogP contribution >= 0.6 is 0 Å². The van der Waals surface area contributed by atoms with E-state index >= 15 is 0 Å². The van der Waals surface area contributed by atoms with Crippen molar-refractivity contribution >= 4 is 5.91 Å². The smallest absolute Gasteiger partial charge is 0.220 e. The second-order valence-electron chi connectivity index (χ2n) is 4.75. The van der Waals surface area contributed by atoms with Gasteiger partial charge in [-0.3, -0.25) is 4.79 Å².